The predicted molar refractivity (Wildman–Crippen MR) is 118 cm³/mol. The Labute approximate surface area is 196 Å². The number of urea groups is 1. The van der Waals surface area contributed by atoms with Crippen LogP contribution in [0.2, 0.25) is 0 Å². The Hall–Kier alpha value is -3.51. The Morgan fingerprint density at radius 1 is 1.06 bits per heavy atom. The number of ketones is 1. The molecule has 1 atom stereocenters. The van der Waals surface area contributed by atoms with Crippen molar-refractivity contribution in [1.82, 2.24) is 19.4 Å². The number of piperazine rings is 1. The van der Waals surface area contributed by atoms with E-state index in [0.717, 1.165) is 4.90 Å². The van der Waals surface area contributed by atoms with E-state index < -0.39 is 40.0 Å². The quantitative estimate of drug-likeness (QED) is 0.469. The number of Topliss-reactive ketones (excluding diaryl/α,β-unsaturated/α-hetero) is 1. The van der Waals surface area contributed by atoms with E-state index in [2.05, 4.69) is 5.32 Å². The van der Waals surface area contributed by atoms with Gasteiger partial charge in [-0.3, -0.25) is 19.3 Å². The highest BCUT2D eigenvalue weighted by Gasteiger charge is 2.51. The number of imide groups is 1. The van der Waals surface area contributed by atoms with Gasteiger partial charge < -0.3 is 14.6 Å². The van der Waals surface area contributed by atoms with Crippen LogP contribution in [0, 0.1) is 0 Å². The first-order valence-electron chi connectivity index (χ1n) is 10.6. The number of hydrogen-bond donors (Lipinski definition) is 1. The number of rotatable bonds is 6. The first-order valence-corrected chi connectivity index (χ1v) is 12.0. The molecule has 1 unspecified atom stereocenters. The molecule has 12 heteroatoms. The number of sulfonamides is 1. The van der Waals surface area contributed by atoms with Crippen molar-refractivity contribution in [3.05, 3.63) is 54.0 Å². The van der Waals surface area contributed by atoms with Gasteiger partial charge in [0.2, 0.25) is 15.9 Å². The summed E-state index contributed by atoms with van der Waals surface area (Å²) in [7, 11) is -3.79. The number of hydrogen-bond acceptors (Lipinski definition) is 7. The van der Waals surface area contributed by atoms with Gasteiger partial charge in [0.25, 0.3) is 5.91 Å². The fraction of sp³-hybridized carbons (Fsp3) is 0.364. The largest absolute Gasteiger partial charge is 0.466 e. The third kappa shape index (κ3) is 4.10. The number of furan rings is 1. The van der Waals surface area contributed by atoms with E-state index in [1.165, 1.54) is 53.6 Å². The van der Waals surface area contributed by atoms with Crippen LogP contribution in [0.15, 0.2) is 52.0 Å². The SMILES string of the molecule is CC(=O)c1ccc(S(=O)(=O)N2CCN(C(=O)CN3C(=O)NC(C)(c4ccco4)C3=O)CC2)cc1. The molecule has 180 valence electrons. The second-order valence-corrected chi connectivity index (χ2v) is 10.2. The molecular formula is C22H24N4O7S. The van der Waals surface area contributed by atoms with Crippen LogP contribution < -0.4 is 5.32 Å². The molecule has 2 fully saturated rings. The summed E-state index contributed by atoms with van der Waals surface area (Å²) in [6.07, 6.45) is 1.39. The molecule has 0 saturated carbocycles. The van der Waals surface area contributed by atoms with Crippen molar-refractivity contribution >= 4 is 33.7 Å². The standard InChI is InChI=1S/C22H24N4O7S/c1-15(27)16-5-7-17(8-6-16)34(31,32)25-11-9-24(10-12-25)19(28)14-26-20(29)22(2,23-21(26)30)18-4-3-13-33-18/h3-8,13H,9-12,14H2,1-2H3,(H,23,30). The van der Waals surface area contributed by atoms with Crippen LogP contribution in [0.25, 0.3) is 0 Å². The highest BCUT2D eigenvalue weighted by molar-refractivity contribution is 7.89. The van der Waals surface area contributed by atoms with Crippen LogP contribution >= 0.6 is 0 Å². The summed E-state index contributed by atoms with van der Waals surface area (Å²) in [6, 6.07) is 8.16. The molecule has 1 aromatic heterocycles. The maximum absolute atomic E-state index is 12.9. The Morgan fingerprint density at radius 3 is 2.26 bits per heavy atom. The average molecular weight is 489 g/mol. The molecule has 11 nitrogen and oxygen atoms in total. The average Bonchev–Trinajstić information content (AvgIpc) is 3.44. The van der Waals surface area contributed by atoms with Crippen molar-refractivity contribution in [2.45, 2.75) is 24.3 Å². The highest BCUT2D eigenvalue weighted by Crippen LogP contribution is 2.29. The van der Waals surface area contributed by atoms with Crippen LogP contribution in [0.3, 0.4) is 0 Å². The van der Waals surface area contributed by atoms with Gasteiger partial charge in [0.1, 0.15) is 12.3 Å². The zero-order valence-electron chi connectivity index (χ0n) is 18.7. The maximum atomic E-state index is 12.9. The van der Waals surface area contributed by atoms with E-state index >= 15 is 0 Å². The molecule has 0 radical (unpaired) electrons. The van der Waals surface area contributed by atoms with Crippen molar-refractivity contribution in [1.29, 1.82) is 0 Å². The van der Waals surface area contributed by atoms with Gasteiger partial charge in [-0.15, -0.1) is 0 Å². The van der Waals surface area contributed by atoms with Gasteiger partial charge in [-0.1, -0.05) is 12.1 Å². The summed E-state index contributed by atoms with van der Waals surface area (Å²) in [5.41, 5.74) is -0.982. The lowest BCUT2D eigenvalue weighted by molar-refractivity contribution is -0.139. The summed E-state index contributed by atoms with van der Waals surface area (Å²) < 4.78 is 32.4. The minimum Gasteiger partial charge on any atom is -0.466 e. The van der Waals surface area contributed by atoms with Crippen LogP contribution in [0.5, 0.6) is 0 Å². The van der Waals surface area contributed by atoms with Crippen molar-refractivity contribution in [2.24, 2.45) is 0 Å². The number of nitrogens with one attached hydrogen (secondary N) is 1. The van der Waals surface area contributed by atoms with Gasteiger partial charge in [-0.25, -0.2) is 13.2 Å². The fourth-order valence-electron chi connectivity index (χ4n) is 3.99. The van der Waals surface area contributed by atoms with Gasteiger partial charge in [-0.2, -0.15) is 4.31 Å². The van der Waals surface area contributed by atoms with E-state index in [1.807, 2.05) is 0 Å². The smallest absolute Gasteiger partial charge is 0.325 e. The van der Waals surface area contributed by atoms with Crippen molar-refractivity contribution in [3.8, 4) is 0 Å². The molecule has 4 amide bonds. The molecule has 34 heavy (non-hydrogen) atoms. The minimum atomic E-state index is -3.79. The second kappa shape index (κ2) is 8.69. The number of carbonyl (C=O) groups excluding carboxylic acids is 4. The van der Waals surface area contributed by atoms with Gasteiger partial charge in [-0.05, 0) is 38.1 Å². The molecule has 1 N–H and O–H groups in total. The molecule has 0 aliphatic carbocycles. The van der Waals surface area contributed by atoms with Gasteiger partial charge in [0.05, 0.1) is 11.2 Å². The lowest BCUT2D eigenvalue weighted by Crippen LogP contribution is -2.53. The lowest BCUT2D eigenvalue weighted by Gasteiger charge is -2.34. The lowest BCUT2D eigenvalue weighted by atomic mass is 9.99. The predicted octanol–water partition coefficient (Wildman–Crippen LogP) is 0.782. The van der Waals surface area contributed by atoms with E-state index in [9.17, 15) is 27.6 Å². The topological polar surface area (TPSA) is 137 Å². The molecule has 2 aromatic rings. The van der Waals surface area contributed by atoms with E-state index in [4.69, 9.17) is 4.42 Å². The molecular weight excluding hydrogens is 464 g/mol. The summed E-state index contributed by atoms with van der Waals surface area (Å²) in [4.78, 5) is 51.8. The number of nitrogens with zero attached hydrogens (tertiary/aromatic N) is 3. The van der Waals surface area contributed by atoms with Crippen LogP contribution in [0.1, 0.15) is 30.0 Å². The van der Waals surface area contributed by atoms with Gasteiger partial charge in [0.15, 0.2) is 11.3 Å². The maximum Gasteiger partial charge on any atom is 0.325 e. The summed E-state index contributed by atoms with van der Waals surface area (Å²) >= 11 is 0. The zero-order chi connectivity index (χ0) is 24.7. The van der Waals surface area contributed by atoms with E-state index in [-0.39, 0.29) is 42.6 Å². The molecule has 2 aliphatic heterocycles. The van der Waals surface area contributed by atoms with Crippen LogP contribution in [0.4, 0.5) is 4.79 Å². The Kier molecular flexibility index (Phi) is 6.04. The number of carbonyl (C=O) groups is 4. The van der Waals surface area contributed by atoms with Crippen molar-refractivity contribution in [3.63, 3.8) is 0 Å². The fourth-order valence-corrected chi connectivity index (χ4v) is 5.42. The van der Waals surface area contributed by atoms with Crippen molar-refractivity contribution < 1.29 is 32.0 Å². The monoisotopic (exact) mass is 488 g/mol. The first kappa shape index (κ1) is 23.6. The highest BCUT2D eigenvalue weighted by atomic mass is 32.2. The molecule has 2 saturated heterocycles. The van der Waals surface area contributed by atoms with Crippen LogP contribution in [-0.4, -0.2) is 78.9 Å². The molecule has 0 spiro atoms. The van der Waals surface area contributed by atoms with E-state index in [1.54, 1.807) is 12.1 Å². The molecule has 0 bridgehead atoms. The Bertz CT molecular complexity index is 1230. The molecule has 3 heterocycles. The third-order valence-corrected chi connectivity index (χ3v) is 7.99. The van der Waals surface area contributed by atoms with Gasteiger partial charge >= 0.3 is 6.03 Å². The molecule has 2 aliphatic rings. The van der Waals surface area contributed by atoms with E-state index in [0.29, 0.717) is 5.56 Å². The first-order chi connectivity index (χ1) is 16.0. The van der Waals surface area contributed by atoms with Gasteiger partial charge in [0, 0.05) is 31.7 Å². The minimum absolute atomic E-state index is 0.0623. The third-order valence-electron chi connectivity index (χ3n) is 6.07. The Balaban J connectivity index is 1.38. The van der Waals surface area contributed by atoms with Crippen molar-refractivity contribution in [2.75, 3.05) is 32.7 Å². The molecule has 4 rings (SSSR count). The normalized spacial score (nSPS) is 21.6. The number of amides is 4. The van der Waals surface area contributed by atoms with Crippen LogP contribution in [-0.2, 0) is 25.2 Å². The summed E-state index contributed by atoms with van der Waals surface area (Å²) in [5, 5.41) is 2.56. The number of benzene rings is 1. The zero-order valence-corrected chi connectivity index (χ0v) is 19.5. The second-order valence-electron chi connectivity index (χ2n) is 8.29. The summed E-state index contributed by atoms with van der Waals surface area (Å²) in [6.45, 7) is 2.80. The summed E-state index contributed by atoms with van der Waals surface area (Å²) in [5.74, 6) is -0.965. The Morgan fingerprint density at radius 2 is 1.71 bits per heavy atom. The molecule has 1 aromatic carbocycles.